The zero-order valence-corrected chi connectivity index (χ0v) is 29.5. The monoisotopic (exact) mass is 668 g/mol. The predicted molar refractivity (Wildman–Crippen MR) is 190 cm³/mol. The Bertz CT molecular complexity index is 802. The van der Waals surface area contributed by atoms with Crippen LogP contribution in [0.5, 0.6) is 0 Å². The number of hydrogen-bond acceptors (Lipinski definition) is 0. The molecule has 0 bridgehead atoms. The van der Waals surface area contributed by atoms with Crippen LogP contribution >= 0.6 is 30.3 Å². The number of unbranched alkanes of at least 4 members (excludes halogenated alkanes) is 6. The van der Waals surface area contributed by atoms with Gasteiger partial charge in [-0.3, -0.25) is 0 Å². The van der Waals surface area contributed by atoms with E-state index in [4.69, 9.17) is 30.3 Å². The van der Waals surface area contributed by atoms with Gasteiger partial charge in [0.2, 0.25) is 0 Å². The van der Waals surface area contributed by atoms with Crippen molar-refractivity contribution in [3.8, 4) is 11.4 Å². The first-order valence-corrected chi connectivity index (χ1v) is 19.2. The number of aromatic amines is 3. The summed E-state index contributed by atoms with van der Waals surface area (Å²) in [4.78, 5) is 9.85. The van der Waals surface area contributed by atoms with Crippen LogP contribution in [-0.2, 0) is 11.2 Å². The molecule has 237 valence electrons. The summed E-state index contributed by atoms with van der Waals surface area (Å²) >= 11 is -1.33. The van der Waals surface area contributed by atoms with Gasteiger partial charge in [0.25, 0.3) is 0 Å². The zero-order valence-electron chi connectivity index (χ0n) is 26.1. The molecule has 0 fully saturated rings. The number of nitrogens with one attached hydrogen (secondary N) is 3. The second-order valence-corrected chi connectivity index (χ2v) is 14.4. The Morgan fingerprint density at radius 2 is 1.12 bits per heavy atom. The third-order valence-corrected chi connectivity index (χ3v) is 5.77. The Labute approximate surface area is 274 Å². The van der Waals surface area contributed by atoms with Crippen LogP contribution in [0.1, 0.15) is 123 Å². The molecule has 0 amide bonds. The van der Waals surface area contributed by atoms with E-state index < -0.39 is 11.2 Å². The van der Waals surface area contributed by atoms with Gasteiger partial charge < -0.3 is 15.0 Å². The summed E-state index contributed by atoms with van der Waals surface area (Å²) in [5.41, 5.74) is 5.01. The van der Waals surface area contributed by atoms with Crippen LogP contribution in [-0.4, -0.2) is 30.6 Å². The molecule has 3 nitrogen and oxygen atoms in total. The molecule has 41 heavy (non-hydrogen) atoms. The molecule has 0 aromatic carbocycles. The van der Waals surface area contributed by atoms with Gasteiger partial charge in [0.15, 0.2) is 0 Å². The standard InChI is InChI=1S/C17H26N2.C8H18.C4H5N.2CH3B.CH4.3ClH.Fe/c1-4-6-8-14(7-5-2)15-11-12-17(19-15)16-10-9-13(3)18-16;1-3-5-7-8-6-4-2;1-2-4-5-3-1;2*1-2;;;;;/h9-12,14,18-19H,4-8H2,1-3H3;3-8H2,1-2H3;1-5H;2*1H3;1H4;3*1H;/q;;;;;;;;;+3/p-3. The molecule has 0 aliphatic carbocycles. The molecule has 3 heterocycles. The van der Waals surface area contributed by atoms with Crippen molar-refractivity contribution in [1.29, 1.82) is 0 Å². The van der Waals surface area contributed by atoms with Gasteiger partial charge in [0.1, 0.15) is 0 Å². The van der Waals surface area contributed by atoms with E-state index in [1.807, 2.05) is 24.5 Å². The van der Waals surface area contributed by atoms with Gasteiger partial charge in [0, 0.05) is 23.8 Å². The van der Waals surface area contributed by atoms with Crippen LogP contribution in [0, 0.1) is 6.92 Å². The number of H-pyrrole nitrogens is 3. The maximum Gasteiger partial charge on any atom is 0.000496 e. The Kier molecular flexibility index (Phi) is 43.1. The van der Waals surface area contributed by atoms with E-state index in [9.17, 15) is 0 Å². The van der Waals surface area contributed by atoms with Gasteiger partial charge in [-0.05, 0) is 62.1 Å². The molecule has 1 atom stereocenters. The maximum absolute atomic E-state index is 4.89. The van der Waals surface area contributed by atoms with Crippen molar-refractivity contribution in [2.24, 2.45) is 0 Å². The van der Waals surface area contributed by atoms with Gasteiger partial charge in [-0.2, -0.15) is 0 Å². The maximum atomic E-state index is 4.89. The van der Waals surface area contributed by atoms with Crippen LogP contribution in [0.25, 0.3) is 11.4 Å². The normalized spacial score (nSPS) is 10.1. The number of aromatic nitrogens is 3. The fourth-order valence-corrected chi connectivity index (χ4v) is 3.85. The summed E-state index contributed by atoms with van der Waals surface area (Å²) in [7, 11) is 23.7. The van der Waals surface area contributed by atoms with Gasteiger partial charge in [-0.25, -0.2) is 0 Å². The average Bonchev–Trinajstić information content (AvgIpc) is 3.76. The van der Waals surface area contributed by atoms with Crippen molar-refractivity contribution in [2.45, 2.75) is 132 Å². The van der Waals surface area contributed by atoms with Gasteiger partial charge in [-0.15, -0.1) is 0 Å². The van der Waals surface area contributed by atoms with E-state index in [1.165, 1.54) is 107 Å². The molecule has 3 aromatic heterocycles. The van der Waals surface area contributed by atoms with Crippen molar-refractivity contribution in [2.75, 3.05) is 0 Å². The first-order valence-electron chi connectivity index (χ1n) is 14.6. The number of hydrogen-bond donors (Lipinski definition) is 3. The Balaban J connectivity index is -0.000000258. The van der Waals surface area contributed by atoms with E-state index in [-0.39, 0.29) is 7.43 Å². The second-order valence-electron chi connectivity index (χ2n) is 8.96. The fourth-order valence-electron chi connectivity index (χ4n) is 3.85. The minimum atomic E-state index is -1.33. The van der Waals surface area contributed by atoms with Gasteiger partial charge in [-0.1, -0.05) is 107 Å². The predicted octanol–water partition coefficient (Wildman–Crippen LogP) is 12.9. The SMILES string of the molecule is C.CCCCC(CCC)c1ccc(-c2ccc(C)[nH]2)[nH]1.CCCCCCCC.[B]C.[B]C.[Cl][Fe]([Cl])[Cl].c1cc[nH]c1. The summed E-state index contributed by atoms with van der Waals surface area (Å²) in [5, 5.41) is 0. The third-order valence-electron chi connectivity index (χ3n) is 5.77. The number of aryl methyl sites for hydroxylation is 1. The molecule has 0 saturated heterocycles. The molecule has 0 saturated carbocycles. The number of halogens is 3. The minimum absolute atomic E-state index is 0. The molecule has 1 unspecified atom stereocenters. The molecule has 9 heteroatoms. The summed E-state index contributed by atoms with van der Waals surface area (Å²) in [6.45, 7) is 14.1. The zero-order chi connectivity index (χ0) is 31.0. The smallest absolute Gasteiger partial charge is 0.000496 e. The van der Waals surface area contributed by atoms with Crippen LogP contribution < -0.4 is 0 Å². The average molecular weight is 670 g/mol. The third kappa shape index (κ3) is 30.6. The molecule has 0 aliphatic rings. The summed E-state index contributed by atoms with van der Waals surface area (Å²) < 4.78 is 0. The first-order chi connectivity index (χ1) is 19.4. The van der Waals surface area contributed by atoms with Gasteiger partial charge in [0.05, 0.1) is 27.1 Å². The molecule has 4 radical (unpaired) electrons. The quantitative estimate of drug-likeness (QED) is 0.127. The van der Waals surface area contributed by atoms with Crippen molar-refractivity contribution in [3.63, 3.8) is 0 Å². The van der Waals surface area contributed by atoms with E-state index in [0.29, 0.717) is 5.92 Å². The topological polar surface area (TPSA) is 47.4 Å². The van der Waals surface area contributed by atoms with Crippen molar-refractivity contribution in [1.82, 2.24) is 15.0 Å². The van der Waals surface area contributed by atoms with Gasteiger partial charge >= 0.3 is 41.5 Å². The summed E-state index contributed by atoms with van der Waals surface area (Å²) in [5.74, 6) is 0.690. The molecular weight excluding hydrogens is 610 g/mol. The van der Waals surface area contributed by atoms with Crippen LogP contribution in [0.3, 0.4) is 0 Å². The molecule has 3 rings (SSSR count). The Hall–Kier alpha value is -0.641. The van der Waals surface area contributed by atoms with E-state index in [1.54, 1.807) is 0 Å². The van der Waals surface area contributed by atoms with E-state index >= 15 is 0 Å². The Morgan fingerprint density at radius 1 is 0.659 bits per heavy atom. The van der Waals surface area contributed by atoms with Crippen LogP contribution in [0.4, 0.5) is 0 Å². The summed E-state index contributed by atoms with van der Waals surface area (Å²) in [6.07, 6.45) is 18.7. The molecule has 3 aromatic rings. The molecule has 0 spiro atoms. The summed E-state index contributed by atoms with van der Waals surface area (Å²) in [6, 6.07) is 12.6. The Morgan fingerprint density at radius 3 is 1.49 bits per heavy atom. The van der Waals surface area contributed by atoms with Crippen molar-refractivity contribution in [3.05, 3.63) is 60.2 Å². The number of rotatable bonds is 12. The largest absolute Gasteiger partial charge is 0.368 e. The van der Waals surface area contributed by atoms with Crippen molar-refractivity contribution < 1.29 is 11.2 Å². The fraction of sp³-hybridized carbons (Fsp3) is 0.625. The second kappa shape index (κ2) is 37.4. The van der Waals surface area contributed by atoms with E-state index in [2.05, 4.69) is 89.5 Å². The van der Waals surface area contributed by atoms with Crippen molar-refractivity contribution >= 4 is 46.0 Å². The minimum Gasteiger partial charge on any atom is -0.368 e. The molecular formula is C32H59B2Cl3FeN3. The molecule has 3 N–H and O–H groups in total. The molecule has 0 aliphatic heterocycles. The van der Waals surface area contributed by atoms with E-state index in [0.717, 1.165) is 0 Å². The van der Waals surface area contributed by atoms with Crippen LogP contribution in [0.2, 0.25) is 13.6 Å². The van der Waals surface area contributed by atoms with Crippen LogP contribution in [0.15, 0.2) is 48.8 Å². The first kappa shape index (κ1) is 47.3.